The summed E-state index contributed by atoms with van der Waals surface area (Å²) in [5.41, 5.74) is 2.61. The number of hydrogen-bond acceptors (Lipinski definition) is 3. The lowest BCUT2D eigenvalue weighted by Gasteiger charge is -2.09. The zero-order valence-corrected chi connectivity index (χ0v) is 7.99. The van der Waals surface area contributed by atoms with Crippen LogP contribution >= 0.6 is 0 Å². The molecule has 1 aromatic heterocycles. The molecule has 3 heteroatoms. The average molecular weight is 189 g/mol. The minimum atomic E-state index is -0.324. The fourth-order valence-electron chi connectivity index (χ4n) is 1.53. The smallest absolute Gasteiger partial charge is 0.339 e. The molecule has 0 saturated carbocycles. The summed E-state index contributed by atoms with van der Waals surface area (Å²) in [7, 11) is 1.38. The molecule has 1 aliphatic carbocycles. The highest BCUT2D eigenvalue weighted by atomic mass is 16.5. The topological polar surface area (TPSA) is 39.2 Å². The number of carbonyl (C=O) groups is 1. The number of esters is 1. The van der Waals surface area contributed by atoms with Crippen LogP contribution in [0.15, 0.2) is 18.3 Å². The molecule has 0 aromatic carbocycles. The van der Waals surface area contributed by atoms with Crippen molar-refractivity contribution in [2.75, 3.05) is 7.11 Å². The van der Waals surface area contributed by atoms with Crippen LogP contribution in [0, 0.1) is 0 Å². The van der Waals surface area contributed by atoms with Gasteiger partial charge in [0.1, 0.15) is 0 Å². The second-order valence-corrected chi connectivity index (χ2v) is 3.20. The summed E-state index contributed by atoms with van der Waals surface area (Å²) in [6.45, 7) is 0. The van der Waals surface area contributed by atoms with E-state index in [1.54, 1.807) is 6.20 Å². The number of aromatic nitrogens is 1. The Bertz CT molecular complexity index is 396. The van der Waals surface area contributed by atoms with E-state index in [1.807, 2.05) is 12.1 Å². The molecule has 0 amide bonds. The van der Waals surface area contributed by atoms with Gasteiger partial charge in [0, 0.05) is 6.20 Å². The Morgan fingerprint density at radius 3 is 3.21 bits per heavy atom. The standard InChI is InChI=1S/C11H11NO2/c1-14-11(13)9-6-8-4-2-3-5-10(8)12-7-9/h3,5-7H,2,4H2,1H3. The van der Waals surface area contributed by atoms with Gasteiger partial charge in [-0.15, -0.1) is 0 Å². The van der Waals surface area contributed by atoms with Gasteiger partial charge in [-0.1, -0.05) is 6.08 Å². The van der Waals surface area contributed by atoms with Gasteiger partial charge in [0.15, 0.2) is 0 Å². The van der Waals surface area contributed by atoms with Crippen molar-refractivity contribution in [1.29, 1.82) is 0 Å². The first kappa shape index (κ1) is 8.94. The molecule has 0 aliphatic heterocycles. The first-order chi connectivity index (χ1) is 6.81. The highest BCUT2D eigenvalue weighted by Gasteiger charge is 2.11. The number of rotatable bonds is 1. The van der Waals surface area contributed by atoms with Crippen molar-refractivity contribution in [3.63, 3.8) is 0 Å². The molecule has 1 aromatic rings. The van der Waals surface area contributed by atoms with E-state index in [4.69, 9.17) is 0 Å². The molecule has 0 saturated heterocycles. The van der Waals surface area contributed by atoms with Gasteiger partial charge < -0.3 is 4.74 Å². The molecule has 0 bridgehead atoms. The summed E-state index contributed by atoms with van der Waals surface area (Å²) in [6.07, 6.45) is 7.59. The highest BCUT2D eigenvalue weighted by Crippen LogP contribution is 2.18. The summed E-state index contributed by atoms with van der Waals surface area (Å²) in [6, 6.07) is 1.86. The normalized spacial score (nSPS) is 13.5. The SMILES string of the molecule is COC(=O)c1cnc2c(c1)CCC=C2. The van der Waals surface area contributed by atoms with E-state index >= 15 is 0 Å². The Hall–Kier alpha value is -1.64. The lowest BCUT2D eigenvalue weighted by molar-refractivity contribution is 0.0600. The van der Waals surface area contributed by atoms with Crippen molar-refractivity contribution in [2.45, 2.75) is 12.8 Å². The summed E-state index contributed by atoms with van der Waals surface area (Å²) >= 11 is 0. The van der Waals surface area contributed by atoms with Gasteiger partial charge in [0.25, 0.3) is 0 Å². The fraction of sp³-hybridized carbons (Fsp3) is 0.273. The maximum absolute atomic E-state index is 11.2. The van der Waals surface area contributed by atoms with Crippen LogP contribution in [0.2, 0.25) is 0 Å². The largest absolute Gasteiger partial charge is 0.465 e. The second-order valence-electron chi connectivity index (χ2n) is 3.20. The lowest BCUT2D eigenvalue weighted by atomic mass is 10.0. The highest BCUT2D eigenvalue weighted by molar-refractivity contribution is 5.89. The van der Waals surface area contributed by atoms with Crippen molar-refractivity contribution in [3.8, 4) is 0 Å². The number of ether oxygens (including phenoxy) is 1. The molecule has 0 unspecified atom stereocenters. The molecule has 0 radical (unpaired) electrons. The molecule has 1 heterocycles. The number of fused-ring (bicyclic) bond motifs is 1. The fourth-order valence-corrected chi connectivity index (χ4v) is 1.53. The summed E-state index contributed by atoms with van der Waals surface area (Å²) in [5, 5.41) is 0. The van der Waals surface area contributed by atoms with Crippen molar-refractivity contribution in [2.24, 2.45) is 0 Å². The first-order valence-electron chi connectivity index (χ1n) is 4.55. The number of carbonyl (C=O) groups excluding carboxylic acids is 1. The lowest BCUT2D eigenvalue weighted by Crippen LogP contribution is -2.05. The van der Waals surface area contributed by atoms with Crippen molar-refractivity contribution in [1.82, 2.24) is 4.98 Å². The van der Waals surface area contributed by atoms with Gasteiger partial charge in [-0.2, -0.15) is 0 Å². The van der Waals surface area contributed by atoms with Gasteiger partial charge in [-0.3, -0.25) is 4.98 Å². The average Bonchev–Trinajstić information content (AvgIpc) is 2.27. The molecule has 0 N–H and O–H groups in total. The Morgan fingerprint density at radius 1 is 1.57 bits per heavy atom. The van der Waals surface area contributed by atoms with Crippen LogP contribution in [-0.4, -0.2) is 18.1 Å². The Balaban J connectivity index is 2.39. The minimum absolute atomic E-state index is 0.324. The quantitative estimate of drug-likeness (QED) is 0.632. The van der Waals surface area contributed by atoms with Gasteiger partial charge in [-0.25, -0.2) is 4.79 Å². The molecule has 14 heavy (non-hydrogen) atoms. The van der Waals surface area contributed by atoms with Crippen LogP contribution in [0.3, 0.4) is 0 Å². The Morgan fingerprint density at radius 2 is 2.43 bits per heavy atom. The molecular formula is C11H11NO2. The monoisotopic (exact) mass is 189 g/mol. The third-order valence-electron chi connectivity index (χ3n) is 2.28. The molecule has 72 valence electrons. The van der Waals surface area contributed by atoms with Crippen LogP contribution in [0.1, 0.15) is 28.0 Å². The number of allylic oxidation sites excluding steroid dienone is 1. The third-order valence-corrected chi connectivity index (χ3v) is 2.28. The maximum atomic E-state index is 11.2. The zero-order valence-electron chi connectivity index (χ0n) is 7.99. The van der Waals surface area contributed by atoms with Gasteiger partial charge in [0.2, 0.25) is 0 Å². The van der Waals surface area contributed by atoms with Crippen molar-refractivity contribution < 1.29 is 9.53 Å². The predicted molar refractivity (Wildman–Crippen MR) is 52.9 cm³/mol. The molecular weight excluding hydrogens is 178 g/mol. The number of pyridine rings is 1. The maximum Gasteiger partial charge on any atom is 0.339 e. The van der Waals surface area contributed by atoms with Gasteiger partial charge in [-0.05, 0) is 30.5 Å². The summed E-state index contributed by atoms with van der Waals surface area (Å²) in [5.74, 6) is -0.324. The van der Waals surface area contributed by atoms with Crippen molar-refractivity contribution in [3.05, 3.63) is 35.2 Å². The third kappa shape index (κ3) is 1.53. The molecule has 0 spiro atoms. The van der Waals surface area contributed by atoms with Crippen LogP contribution < -0.4 is 0 Å². The van der Waals surface area contributed by atoms with E-state index < -0.39 is 0 Å². The van der Waals surface area contributed by atoms with E-state index in [2.05, 4.69) is 15.8 Å². The molecule has 3 nitrogen and oxygen atoms in total. The molecule has 2 rings (SSSR count). The number of methoxy groups -OCH3 is 1. The predicted octanol–water partition coefficient (Wildman–Crippen LogP) is 1.83. The van der Waals surface area contributed by atoms with E-state index in [-0.39, 0.29) is 5.97 Å². The number of nitrogens with zero attached hydrogens (tertiary/aromatic N) is 1. The Labute approximate surface area is 82.4 Å². The first-order valence-corrected chi connectivity index (χ1v) is 4.55. The number of hydrogen-bond donors (Lipinski definition) is 0. The molecule has 0 atom stereocenters. The molecule has 1 aliphatic rings. The van der Waals surface area contributed by atoms with Crippen LogP contribution in [0.25, 0.3) is 6.08 Å². The van der Waals surface area contributed by atoms with E-state index in [9.17, 15) is 4.79 Å². The Kier molecular flexibility index (Phi) is 2.31. The van der Waals surface area contributed by atoms with Crippen molar-refractivity contribution >= 4 is 12.0 Å². The minimum Gasteiger partial charge on any atom is -0.465 e. The molecule has 0 fully saturated rings. The summed E-state index contributed by atoms with van der Waals surface area (Å²) < 4.78 is 4.63. The van der Waals surface area contributed by atoms with E-state index in [1.165, 1.54) is 7.11 Å². The summed E-state index contributed by atoms with van der Waals surface area (Å²) in [4.78, 5) is 15.4. The number of aryl methyl sites for hydroxylation is 1. The second kappa shape index (κ2) is 3.62. The van der Waals surface area contributed by atoms with Crippen LogP contribution in [0.4, 0.5) is 0 Å². The van der Waals surface area contributed by atoms with Gasteiger partial charge in [0.05, 0.1) is 18.4 Å². The van der Waals surface area contributed by atoms with E-state index in [0.29, 0.717) is 5.56 Å². The van der Waals surface area contributed by atoms with Gasteiger partial charge >= 0.3 is 5.97 Å². The van der Waals surface area contributed by atoms with Crippen LogP contribution in [0.5, 0.6) is 0 Å². The van der Waals surface area contributed by atoms with E-state index in [0.717, 1.165) is 24.1 Å². The zero-order chi connectivity index (χ0) is 9.97. The van der Waals surface area contributed by atoms with Crippen LogP contribution in [-0.2, 0) is 11.2 Å².